The second-order valence-corrected chi connectivity index (χ2v) is 8.70. The van der Waals surface area contributed by atoms with Crippen LogP contribution in [0.2, 0.25) is 5.02 Å². The molecule has 0 radical (unpaired) electrons. The Labute approximate surface area is 158 Å². The van der Waals surface area contributed by atoms with Crippen molar-refractivity contribution in [2.75, 3.05) is 6.54 Å². The van der Waals surface area contributed by atoms with Gasteiger partial charge >= 0.3 is 5.97 Å². The molecule has 0 bridgehead atoms. The fourth-order valence-electron chi connectivity index (χ4n) is 3.34. The van der Waals surface area contributed by atoms with E-state index in [1.54, 1.807) is 0 Å². The molecule has 1 atom stereocenters. The summed E-state index contributed by atoms with van der Waals surface area (Å²) in [6.07, 6.45) is 3.20. The lowest BCUT2D eigenvalue weighted by Gasteiger charge is -2.35. The van der Waals surface area contributed by atoms with Crippen LogP contribution in [0, 0.1) is 0 Å². The first kappa shape index (κ1) is 18.9. The number of carbonyl (C=O) groups is 1. The van der Waals surface area contributed by atoms with Crippen molar-refractivity contribution in [3.63, 3.8) is 0 Å². The summed E-state index contributed by atoms with van der Waals surface area (Å²) in [5.74, 6) is -1.24. The molecular weight excluding hydrogens is 374 g/mol. The maximum absolute atomic E-state index is 13.2. The summed E-state index contributed by atoms with van der Waals surface area (Å²) in [5.41, 5.74) is 0.881. The van der Waals surface area contributed by atoms with Crippen molar-refractivity contribution < 1.29 is 18.3 Å². The predicted molar refractivity (Wildman–Crippen MR) is 100 cm³/mol. The molecule has 1 aliphatic heterocycles. The molecule has 26 heavy (non-hydrogen) atoms. The van der Waals surface area contributed by atoms with Crippen molar-refractivity contribution in [1.29, 1.82) is 0 Å². The largest absolute Gasteiger partial charge is 0.478 e. The molecular formula is C19H20ClNO4S. The molecule has 3 rings (SSSR count). The van der Waals surface area contributed by atoms with Crippen molar-refractivity contribution in [3.05, 3.63) is 64.7 Å². The number of aromatic carboxylic acids is 1. The summed E-state index contributed by atoms with van der Waals surface area (Å²) in [7, 11) is -3.79. The molecule has 1 aliphatic rings. The van der Waals surface area contributed by atoms with Gasteiger partial charge in [-0.05, 0) is 43.0 Å². The van der Waals surface area contributed by atoms with Gasteiger partial charge in [0.25, 0.3) is 0 Å². The summed E-state index contributed by atoms with van der Waals surface area (Å²) in [6.45, 7) is 0.435. The van der Waals surface area contributed by atoms with Crippen LogP contribution >= 0.6 is 11.6 Å². The zero-order valence-electron chi connectivity index (χ0n) is 14.1. The highest BCUT2D eigenvalue weighted by atomic mass is 35.5. The SMILES string of the molecule is O=C(O)c1cc(S(=O)(=O)N2CCCCC2Cc2ccccc2)ccc1Cl. The van der Waals surface area contributed by atoms with Crippen molar-refractivity contribution in [3.8, 4) is 0 Å². The number of halogens is 1. The van der Waals surface area contributed by atoms with Crippen LogP contribution in [-0.4, -0.2) is 36.4 Å². The monoisotopic (exact) mass is 393 g/mol. The van der Waals surface area contributed by atoms with Gasteiger partial charge in [-0.1, -0.05) is 48.4 Å². The molecule has 1 fully saturated rings. The number of piperidine rings is 1. The summed E-state index contributed by atoms with van der Waals surface area (Å²) in [4.78, 5) is 11.3. The highest BCUT2D eigenvalue weighted by molar-refractivity contribution is 7.89. The zero-order chi connectivity index (χ0) is 18.7. The average molecular weight is 394 g/mol. The molecule has 0 aliphatic carbocycles. The Morgan fingerprint density at radius 1 is 1.15 bits per heavy atom. The van der Waals surface area contributed by atoms with E-state index in [1.807, 2.05) is 30.3 Å². The van der Waals surface area contributed by atoms with Crippen molar-refractivity contribution in [1.82, 2.24) is 4.31 Å². The van der Waals surface area contributed by atoms with Gasteiger partial charge in [0.15, 0.2) is 0 Å². The van der Waals surface area contributed by atoms with Gasteiger partial charge in [0.05, 0.1) is 15.5 Å². The highest BCUT2D eigenvalue weighted by Gasteiger charge is 2.34. The zero-order valence-corrected chi connectivity index (χ0v) is 15.7. The number of benzene rings is 2. The van der Waals surface area contributed by atoms with Crippen molar-refractivity contribution in [2.45, 2.75) is 36.6 Å². The van der Waals surface area contributed by atoms with Crippen LogP contribution in [0.1, 0.15) is 35.2 Å². The van der Waals surface area contributed by atoms with E-state index in [-0.39, 0.29) is 21.5 Å². The average Bonchev–Trinajstić information content (AvgIpc) is 2.63. The van der Waals surface area contributed by atoms with Gasteiger partial charge in [-0.25, -0.2) is 13.2 Å². The number of carboxylic acids is 1. The van der Waals surface area contributed by atoms with E-state index in [2.05, 4.69) is 0 Å². The lowest BCUT2D eigenvalue weighted by atomic mass is 9.98. The normalized spacial score (nSPS) is 18.6. The van der Waals surface area contributed by atoms with Crippen LogP contribution in [0.25, 0.3) is 0 Å². The lowest BCUT2D eigenvalue weighted by Crippen LogP contribution is -2.44. The smallest absolute Gasteiger partial charge is 0.337 e. The molecule has 5 nitrogen and oxygen atoms in total. The first-order valence-electron chi connectivity index (χ1n) is 8.48. The van der Waals surface area contributed by atoms with Crippen LogP contribution in [0.15, 0.2) is 53.4 Å². The minimum absolute atomic E-state index is 0.0240. The maximum atomic E-state index is 13.2. The number of carboxylic acid groups (broad SMARTS) is 1. The van der Waals surface area contributed by atoms with Gasteiger partial charge in [-0.3, -0.25) is 0 Å². The fourth-order valence-corrected chi connectivity index (χ4v) is 5.26. The van der Waals surface area contributed by atoms with E-state index in [1.165, 1.54) is 16.4 Å². The lowest BCUT2D eigenvalue weighted by molar-refractivity contribution is 0.0697. The van der Waals surface area contributed by atoms with E-state index < -0.39 is 16.0 Å². The van der Waals surface area contributed by atoms with Crippen LogP contribution in [-0.2, 0) is 16.4 Å². The standard InChI is InChI=1S/C19H20ClNO4S/c20-18-10-9-16(13-17(18)19(22)23)26(24,25)21-11-5-4-8-15(21)12-14-6-2-1-3-7-14/h1-3,6-7,9-10,13,15H,4-5,8,11-12H2,(H,22,23). The topological polar surface area (TPSA) is 74.7 Å². The van der Waals surface area contributed by atoms with E-state index in [0.717, 1.165) is 30.9 Å². The van der Waals surface area contributed by atoms with E-state index in [0.29, 0.717) is 13.0 Å². The Balaban J connectivity index is 1.93. The highest BCUT2D eigenvalue weighted by Crippen LogP contribution is 2.29. The summed E-state index contributed by atoms with van der Waals surface area (Å²) < 4.78 is 27.8. The Hall–Kier alpha value is -1.89. The molecule has 7 heteroatoms. The first-order chi connectivity index (χ1) is 12.4. The molecule has 0 aromatic heterocycles. The Morgan fingerprint density at radius 2 is 1.88 bits per heavy atom. The number of nitrogens with zero attached hydrogens (tertiary/aromatic N) is 1. The van der Waals surface area contributed by atoms with Crippen LogP contribution in [0.4, 0.5) is 0 Å². The van der Waals surface area contributed by atoms with E-state index in [9.17, 15) is 18.3 Å². The third-order valence-corrected chi connectivity index (χ3v) is 6.94. The second-order valence-electron chi connectivity index (χ2n) is 6.40. The Kier molecular flexibility index (Phi) is 5.65. The molecule has 0 spiro atoms. The second kappa shape index (κ2) is 7.78. The number of hydrogen-bond acceptors (Lipinski definition) is 3. The summed E-state index contributed by atoms with van der Waals surface area (Å²) in [6, 6.07) is 13.5. The van der Waals surface area contributed by atoms with Gasteiger partial charge in [-0.15, -0.1) is 0 Å². The Morgan fingerprint density at radius 3 is 2.58 bits per heavy atom. The van der Waals surface area contributed by atoms with Crippen LogP contribution in [0.5, 0.6) is 0 Å². The molecule has 0 saturated carbocycles. The molecule has 1 N–H and O–H groups in total. The van der Waals surface area contributed by atoms with Gasteiger partial charge in [-0.2, -0.15) is 4.31 Å². The van der Waals surface area contributed by atoms with Gasteiger partial charge < -0.3 is 5.11 Å². The van der Waals surface area contributed by atoms with E-state index >= 15 is 0 Å². The fraction of sp³-hybridized carbons (Fsp3) is 0.316. The molecule has 0 amide bonds. The minimum atomic E-state index is -3.79. The van der Waals surface area contributed by atoms with Crippen LogP contribution < -0.4 is 0 Å². The first-order valence-corrected chi connectivity index (χ1v) is 10.3. The van der Waals surface area contributed by atoms with Crippen molar-refractivity contribution >= 4 is 27.6 Å². The van der Waals surface area contributed by atoms with Gasteiger partial charge in [0.1, 0.15) is 0 Å². The minimum Gasteiger partial charge on any atom is -0.478 e. The van der Waals surface area contributed by atoms with Crippen LogP contribution in [0.3, 0.4) is 0 Å². The molecule has 1 heterocycles. The number of hydrogen-bond donors (Lipinski definition) is 1. The molecule has 2 aromatic rings. The Bertz CT molecular complexity index is 899. The predicted octanol–water partition coefficient (Wildman–Crippen LogP) is 3.82. The molecule has 1 unspecified atom stereocenters. The quantitative estimate of drug-likeness (QED) is 0.837. The third-order valence-electron chi connectivity index (χ3n) is 4.66. The van der Waals surface area contributed by atoms with Crippen molar-refractivity contribution in [2.24, 2.45) is 0 Å². The summed E-state index contributed by atoms with van der Waals surface area (Å²) >= 11 is 5.87. The third kappa shape index (κ3) is 3.92. The molecule has 2 aromatic carbocycles. The number of rotatable bonds is 5. The maximum Gasteiger partial charge on any atom is 0.337 e. The molecule has 138 valence electrons. The van der Waals surface area contributed by atoms with E-state index in [4.69, 9.17) is 11.6 Å². The number of sulfonamides is 1. The van der Waals surface area contributed by atoms with Gasteiger partial charge in [0.2, 0.25) is 10.0 Å². The molecule has 1 saturated heterocycles. The summed E-state index contributed by atoms with van der Waals surface area (Å²) in [5, 5.41) is 9.24. The van der Waals surface area contributed by atoms with Gasteiger partial charge in [0, 0.05) is 12.6 Å².